The number of hydrogen-bond donors (Lipinski definition) is 2. The van der Waals surface area contributed by atoms with Gasteiger partial charge in [0.05, 0.1) is 6.21 Å². The number of aryl methyl sites for hydroxylation is 1. The van der Waals surface area contributed by atoms with E-state index < -0.39 is 0 Å². The van der Waals surface area contributed by atoms with Crippen LogP contribution in [0.1, 0.15) is 11.3 Å². The minimum absolute atomic E-state index is 0.122. The van der Waals surface area contributed by atoms with Crippen molar-refractivity contribution in [2.24, 2.45) is 10.8 Å². The van der Waals surface area contributed by atoms with Crippen LogP contribution in [-0.2, 0) is 0 Å². The minimum atomic E-state index is 0.122. The molecule has 1 aromatic carbocycles. The van der Waals surface area contributed by atoms with E-state index in [1.54, 1.807) is 0 Å². The van der Waals surface area contributed by atoms with Gasteiger partial charge in [0.1, 0.15) is 11.5 Å². The molecule has 0 aliphatic carbocycles. The van der Waals surface area contributed by atoms with Crippen molar-refractivity contribution in [2.45, 2.75) is 6.92 Å². The average molecular weight is 259 g/mol. The largest absolute Gasteiger partial charge is 0.455 e. The Morgan fingerprint density at radius 1 is 1.33 bits per heavy atom. The maximum absolute atomic E-state index is 5.66. The van der Waals surface area contributed by atoms with Gasteiger partial charge in [-0.25, -0.2) is 0 Å². The average Bonchev–Trinajstić information content (AvgIpc) is 2.78. The Morgan fingerprint density at radius 2 is 2.11 bits per heavy atom. The Hall–Kier alpha value is -2.14. The molecule has 0 aliphatic rings. The summed E-state index contributed by atoms with van der Waals surface area (Å²) in [5.41, 5.74) is 9.95. The molecule has 0 aliphatic heterocycles. The summed E-state index contributed by atoms with van der Waals surface area (Å²) < 4.78 is 5.66. The first-order valence-corrected chi connectivity index (χ1v) is 5.82. The van der Waals surface area contributed by atoms with Crippen molar-refractivity contribution in [1.82, 2.24) is 5.43 Å². The summed E-state index contributed by atoms with van der Waals surface area (Å²) in [5.74, 6) is 1.45. The highest BCUT2D eigenvalue weighted by Crippen LogP contribution is 2.24. The third kappa shape index (κ3) is 2.95. The van der Waals surface area contributed by atoms with Gasteiger partial charge >= 0.3 is 0 Å². The van der Waals surface area contributed by atoms with Crippen LogP contribution in [0.3, 0.4) is 0 Å². The zero-order valence-corrected chi connectivity index (χ0v) is 10.7. The predicted molar refractivity (Wildman–Crippen MR) is 76.4 cm³/mol. The van der Waals surface area contributed by atoms with E-state index in [1.807, 2.05) is 43.3 Å². The van der Waals surface area contributed by atoms with Crippen LogP contribution < -0.4 is 11.2 Å². The Kier molecular flexibility index (Phi) is 3.74. The van der Waals surface area contributed by atoms with Crippen LogP contribution in [-0.4, -0.2) is 11.3 Å². The lowest BCUT2D eigenvalue weighted by Crippen LogP contribution is -2.23. The summed E-state index contributed by atoms with van der Waals surface area (Å²) >= 11 is 4.63. The van der Waals surface area contributed by atoms with Crippen molar-refractivity contribution >= 4 is 23.5 Å². The molecular weight excluding hydrogens is 246 g/mol. The third-order valence-corrected chi connectivity index (χ3v) is 2.50. The summed E-state index contributed by atoms with van der Waals surface area (Å²) in [6.07, 6.45) is 1.53. The monoisotopic (exact) mass is 259 g/mol. The van der Waals surface area contributed by atoms with Gasteiger partial charge in [-0.2, -0.15) is 5.10 Å². The van der Waals surface area contributed by atoms with Gasteiger partial charge in [-0.15, -0.1) is 0 Å². The van der Waals surface area contributed by atoms with Gasteiger partial charge in [0.15, 0.2) is 5.11 Å². The second kappa shape index (κ2) is 5.46. The van der Waals surface area contributed by atoms with E-state index in [1.165, 1.54) is 6.21 Å². The molecule has 3 N–H and O–H groups in total. The molecule has 0 atom stereocenters. The van der Waals surface area contributed by atoms with E-state index in [-0.39, 0.29) is 5.11 Å². The quantitative estimate of drug-likeness (QED) is 0.505. The van der Waals surface area contributed by atoms with Crippen LogP contribution >= 0.6 is 12.2 Å². The molecule has 2 rings (SSSR count). The van der Waals surface area contributed by atoms with Crippen LogP contribution in [0.2, 0.25) is 0 Å². The van der Waals surface area contributed by atoms with Crippen LogP contribution in [0.5, 0.6) is 0 Å². The molecule has 0 fully saturated rings. The normalized spacial score (nSPS) is 10.7. The van der Waals surface area contributed by atoms with Crippen molar-refractivity contribution in [3.05, 3.63) is 47.7 Å². The molecule has 1 heterocycles. The fraction of sp³-hybridized carbons (Fsp3) is 0.0769. The molecule has 4 nitrogen and oxygen atoms in total. The first kappa shape index (κ1) is 12.3. The summed E-state index contributed by atoms with van der Waals surface area (Å²) in [6, 6.07) is 11.8. The molecule has 0 saturated heterocycles. The summed E-state index contributed by atoms with van der Waals surface area (Å²) in [6.45, 7) is 2.04. The van der Waals surface area contributed by atoms with E-state index in [0.717, 1.165) is 16.9 Å². The molecule has 5 heteroatoms. The second-order valence-electron chi connectivity index (χ2n) is 3.75. The zero-order chi connectivity index (χ0) is 13.0. The standard InChI is InChI=1S/C13H13N3OS/c1-9-4-2-3-5-11(9)12-7-6-10(17-12)8-15-16-13(14)18/h2-8H,1H3,(H3,14,16,18). The van der Waals surface area contributed by atoms with Crippen LogP contribution in [0.4, 0.5) is 0 Å². The first-order chi connectivity index (χ1) is 8.66. The van der Waals surface area contributed by atoms with Crippen molar-refractivity contribution in [1.29, 1.82) is 0 Å². The van der Waals surface area contributed by atoms with Crippen LogP contribution in [0.25, 0.3) is 11.3 Å². The topological polar surface area (TPSA) is 63.5 Å². The molecule has 18 heavy (non-hydrogen) atoms. The van der Waals surface area contributed by atoms with E-state index in [4.69, 9.17) is 10.2 Å². The van der Waals surface area contributed by atoms with Crippen molar-refractivity contribution in [2.75, 3.05) is 0 Å². The minimum Gasteiger partial charge on any atom is -0.455 e. The van der Waals surface area contributed by atoms with Crippen molar-refractivity contribution in [3.63, 3.8) is 0 Å². The Balaban J connectivity index is 2.18. The third-order valence-electron chi connectivity index (χ3n) is 2.40. The number of rotatable bonds is 3. The summed E-state index contributed by atoms with van der Waals surface area (Å²) in [5, 5.41) is 3.96. The number of nitrogens with zero attached hydrogens (tertiary/aromatic N) is 1. The predicted octanol–water partition coefficient (Wildman–Crippen LogP) is 2.42. The summed E-state index contributed by atoms with van der Waals surface area (Å²) in [4.78, 5) is 0. The lowest BCUT2D eigenvalue weighted by Gasteiger charge is -2.00. The molecule has 0 saturated carbocycles. The number of furan rings is 1. The number of hydrogen-bond acceptors (Lipinski definition) is 3. The molecule has 0 amide bonds. The number of nitrogens with two attached hydrogens (primary N) is 1. The molecule has 1 aromatic heterocycles. The number of benzene rings is 1. The van der Waals surface area contributed by atoms with Gasteiger partial charge in [0.2, 0.25) is 0 Å². The van der Waals surface area contributed by atoms with Crippen molar-refractivity contribution < 1.29 is 4.42 Å². The maximum Gasteiger partial charge on any atom is 0.184 e. The summed E-state index contributed by atoms with van der Waals surface area (Å²) in [7, 11) is 0. The van der Waals surface area contributed by atoms with Crippen LogP contribution in [0, 0.1) is 6.92 Å². The van der Waals surface area contributed by atoms with E-state index in [2.05, 4.69) is 22.7 Å². The number of thiocarbonyl (C=S) groups is 1. The van der Waals surface area contributed by atoms with Crippen LogP contribution in [0.15, 0.2) is 45.9 Å². The Morgan fingerprint density at radius 3 is 2.83 bits per heavy atom. The molecule has 0 spiro atoms. The van der Waals surface area contributed by atoms with Gasteiger partial charge in [0.25, 0.3) is 0 Å². The van der Waals surface area contributed by atoms with E-state index in [0.29, 0.717) is 5.76 Å². The molecule has 92 valence electrons. The first-order valence-electron chi connectivity index (χ1n) is 5.41. The van der Waals surface area contributed by atoms with E-state index in [9.17, 15) is 0 Å². The number of hydrazone groups is 1. The van der Waals surface area contributed by atoms with Gasteiger partial charge in [-0.05, 0) is 36.8 Å². The highest BCUT2D eigenvalue weighted by Gasteiger charge is 2.05. The zero-order valence-electron chi connectivity index (χ0n) is 9.88. The second-order valence-corrected chi connectivity index (χ2v) is 4.19. The Bertz CT molecular complexity index is 589. The molecule has 0 bridgehead atoms. The lowest BCUT2D eigenvalue weighted by atomic mass is 10.1. The smallest absolute Gasteiger partial charge is 0.184 e. The van der Waals surface area contributed by atoms with Crippen molar-refractivity contribution in [3.8, 4) is 11.3 Å². The molecular formula is C13H13N3OS. The fourth-order valence-electron chi connectivity index (χ4n) is 1.58. The lowest BCUT2D eigenvalue weighted by molar-refractivity contribution is 0.574. The highest BCUT2D eigenvalue weighted by atomic mass is 32.1. The maximum atomic E-state index is 5.66. The van der Waals surface area contributed by atoms with Gasteiger partial charge < -0.3 is 10.2 Å². The highest BCUT2D eigenvalue weighted by molar-refractivity contribution is 7.80. The van der Waals surface area contributed by atoms with E-state index >= 15 is 0 Å². The SMILES string of the molecule is Cc1ccccc1-c1ccc(C=NNC(N)=S)o1. The molecule has 2 aromatic rings. The molecule has 0 unspecified atom stereocenters. The van der Waals surface area contributed by atoms with Gasteiger partial charge in [-0.3, -0.25) is 5.43 Å². The fourth-order valence-corrected chi connectivity index (χ4v) is 1.63. The molecule has 0 radical (unpaired) electrons. The van der Waals surface area contributed by atoms with Gasteiger partial charge in [-0.1, -0.05) is 24.3 Å². The Labute approximate surface area is 110 Å². The van der Waals surface area contributed by atoms with Gasteiger partial charge in [0, 0.05) is 5.56 Å². The number of nitrogens with one attached hydrogen (secondary N) is 1.